The van der Waals surface area contributed by atoms with Gasteiger partial charge in [0.1, 0.15) is 0 Å². The molecule has 0 spiro atoms. The molecular formula is C59H38. The molecule has 0 fully saturated rings. The molecule has 0 atom stereocenters. The summed E-state index contributed by atoms with van der Waals surface area (Å²) < 4.78 is 0. The van der Waals surface area contributed by atoms with E-state index in [9.17, 15) is 0 Å². The van der Waals surface area contributed by atoms with Crippen molar-refractivity contribution in [1.29, 1.82) is 0 Å². The SMILES string of the molecule is CC1(C)c2ccccc2-c2cc(-c3cc(-c4ccc(-c5ccc6ccc7cccc8ccc5c6c78)cc4)ccc3-c3ccc4ccc5cccc6ccc3c4c56)ccc21. The molecule has 0 aromatic heterocycles. The van der Waals surface area contributed by atoms with Crippen LogP contribution in [0.3, 0.4) is 0 Å². The number of hydrogen-bond acceptors (Lipinski definition) is 0. The van der Waals surface area contributed by atoms with Crippen molar-refractivity contribution in [3.05, 3.63) is 205 Å². The second kappa shape index (κ2) is 11.9. The largest absolute Gasteiger partial charge is 0.0619 e. The molecule has 59 heavy (non-hydrogen) atoms. The number of rotatable bonds is 4. The van der Waals surface area contributed by atoms with Crippen LogP contribution in [0, 0.1) is 0 Å². The van der Waals surface area contributed by atoms with Crippen LogP contribution in [0.5, 0.6) is 0 Å². The summed E-state index contributed by atoms with van der Waals surface area (Å²) in [6, 6.07) is 73.4. The minimum atomic E-state index is -0.0440. The van der Waals surface area contributed by atoms with Gasteiger partial charge in [-0.05, 0) is 144 Å². The van der Waals surface area contributed by atoms with Crippen LogP contribution in [0.25, 0.3) is 120 Å². The Morgan fingerprint density at radius 1 is 0.254 bits per heavy atom. The Bertz CT molecular complexity index is 3640. The molecule has 0 saturated heterocycles. The van der Waals surface area contributed by atoms with Gasteiger partial charge in [-0.25, -0.2) is 0 Å². The molecule has 1 aliphatic rings. The van der Waals surface area contributed by atoms with Gasteiger partial charge in [0.25, 0.3) is 0 Å². The molecule has 274 valence electrons. The van der Waals surface area contributed by atoms with E-state index in [2.05, 4.69) is 208 Å². The van der Waals surface area contributed by atoms with Crippen molar-refractivity contribution in [3.63, 3.8) is 0 Å². The Balaban J connectivity index is 0.991. The summed E-state index contributed by atoms with van der Waals surface area (Å²) in [5.74, 6) is 0. The van der Waals surface area contributed by atoms with Gasteiger partial charge < -0.3 is 0 Å². The lowest BCUT2D eigenvalue weighted by molar-refractivity contribution is 0.660. The lowest BCUT2D eigenvalue weighted by atomic mass is 9.81. The molecule has 0 aliphatic heterocycles. The van der Waals surface area contributed by atoms with Crippen LogP contribution >= 0.6 is 0 Å². The maximum Gasteiger partial charge on any atom is 0.0158 e. The van der Waals surface area contributed by atoms with E-state index in [0.717, 1.165) is 0 Å². The molecule has 0 heterocycles. The van der Waals surface area contributed by atoms with Crippen molar-refractivity contribution < 1.29 is 0 Å². The lowest BCUT2D eigenvalue weighted by Gasteiger charge is -2.22. The molecule has 0 amide bonds. The molecule has 13 rings (SSSR count). The highest BCUT2D eigenvalue weighted by atomic mass is 14.4. The molecule has 0 unspecified atom stereocenters. The zero-order valence-electron chi connectivity index (χ0n) is 33.0. The summed E-state index contributed by atoms with van der Waals surface area (Å²) in [4.78, 5) is 0. The quantitative estimate of drug-likeness (QED) is 0.157. The highest BCUT2D eigenvalue weighted by Crippen LogP contribution is 2.51. The third kappa shape index (κ3) is 4.60. The van der Waals surface area contributed by atoms with Crippen molar-refractivity contribution >= 4 is 64.6 Å². The first-order valence-corrected chi connectivity index (χ1v) is 20.8. The Labute approximate surface area is 343 Å². The molecule has 0 bridgehead atoms. The predicted octanol–water partition coefficient (Wildman–Crippen LogP) is 16.5. The highest BCUT2D eigenvalue weighted by molar-refractivity contribution is 6.27. The van der Waals surface area contributed by atoms with Gasteiger partial charge in [0.15, 0.2) is 0 Å². The third-order valence-electron chi connectivity index (χ3n) is 13.8. The van der Waals surface area contributed by atoms with Gasteiger partial charge in [-0.3, -0.25) is 0 Å². The van der Waals surface area contributed by atoms with Gasteiger partial charge in [0.2, 0.25) is 0 Å². The van der Waals surface area contributed by atoms with E-state index in [-0.39, 0.29) is 5.41 Å². The first kappa shape index (κ1) is 32.8. The Morgan fingerprint density at radius 2 is 0.712 bits per heavy atom. The fourth-order valence-corrected chi connectivity index (χ4v) is 10.9. The summed E-state index contributed by atoms with van der Waals surface area (Å²) in [5.41, 5.74) is 15.4. The Morgan fingerprint density at radius 3 is 1.37 bits per heavy atom. The lowest BCUT2D eigenvalue weighted by Crippen LogP contribution is -2.14. The number of fused-ring (bicyclic) bond motifs is 3. The Hall–Kier alpha value is -7.28. The van der Waals surface area contributed by atoms with Crippen molar-refractivity contribution in [2.75, 3.05) is 0 Å². The molecular weight excluding hydrogens is 709 g/mol. The summed E-state index contributed by atoms with van der Waals surface area (Å²) in [6.07, 6.45) is 0. The molecule has 12 aromatic rings. The van der Waals surface area contributed by atoms with Crippen LogP contribution in [-0.4, -0.2) is 0 Å². The van der Waals surface area contributed by atoms with E-state index in [1.807, 2.05) is 0 Å². The summed E-state index contributed by atoms with van der Waals surface area (Å²) in [5, 5.41) is 15.8. The van der Waals surface area contributed by atoms with Crippen LogP contribution in [0.1, 0.15) is 25.0 Å². The fourth-order valence-electron chi connectivity index (χ4n) is 10.9. The monoisotopic (exact) mass is 746 g/mol. The molecule has 0 radical (unpaired) electrons. The maximum absolute atomic E-state index is 2.46. The topological polar surface area (TPSA) is 0 Å². The first-order valence-electron chi connectivity index (χ1n) is 20.8. The van der Waals surface area contributed by atoms with E-state index in [0.29, 0.717) is 0 Å². The Kier molecular flexibility index (Phi) is 6.60. The zero-order valence-corrected chi connectivity index (χ0v) is 33.0. The van der Waals surface area contributed by atoms with E-state index in [1.54, 1.807) is 0 Å². The molecule has 0 saturated carbocycles. The van der Waals surface area contributed by atoms with E-state index in [1.165, 1.54) is 131 Å². The normalized spacial score (nSPS) is 13.4. The van der Waals surface area contributed by atoms with Crippen LogP contribution in [-0.2, 0) is 5.41 Å². The summed E-state index contributed by atoms with van der Waals surface area (Å²) in [7, 11) is 0. The average molecular weight is 747 g/mol. The number of hydrogen-bond donors (Lipinski definition) is 0. The van der Waals surface area contributed by atoms with Crippen LogP contribution in [0.4, 0.5) is 0 Å². The second-order valence-electron chi connectivity index (χ2n) is 17.2. The van der Waals surface area contributed by atoms with E-state index >= 15 is 0 Å². The van der Waals surface area contributed by atoms with Crippen LogP contribution < -0.4 is 0 Å². The molecule has 0 nitrogen and oxygen atoms in total. The van der Waals surface area contributed by atoms with Crippen LogP contribution in [0.2, 0.25) is 0 Å². The van der Waals surface area contributed by atoms with Crippen molar-refractivity contribution in [1.82, 2.24) is 0 Å². The van der Waals surface area contributed by atoms with Gasteiger partial charge in [0.05, 0.1) is 0 Å². The third-order valence-corrected chi connectivity index (χ3v) is 13.8. The highest BCUT2D eigenvalue weighted by Gasteiger charge is 2.35. The van der Waals surface area contributed by atoms with Gasteiger partial charge in [-0.2, -0.15) is 0 Å². The molecule has 12 aromatic carbocycles. The first-order chi connectivity index (χ1) is 29.0. The predicted molar refractivity (Wildman–Crippen MR) is 253 cm³/mol. The standard InChI is InChI=1S/C59H38/c1-59(2)53-12-4-3-11-48(53)52-34-44(26-32-54(52)59)51-33-43(25-29-47(51)46-28-22-42-20-18-38-8-6-10-40-24-31-50(46)58(42)56(38)40)35-13-15-36(16-14-35)45-27-21-41-19-17-37-7-5-9-39-23-30-49(45)57(41)55(37)39/h3-34H,1-2H3. The van der Waals surface area contributed by atoms with Crippen molar-refractivity contribution in [3.8, 4) is 55.6 Å². The van der Waals surface area contributed by atoms with Crippen molar-refractivity contribution in [2.45, 2.75) is 19.3 Å². The van der Waals surface area contributed by atoms with Gasteiger partial charge in [-0.1, -0.05) is 196 Å². The second-order valence-corrected chi connectivity index (χ2v) is 17.2. The minimum Gasteiger partial charge on any atom is -0.0619 e. The summed E-state index contributed by atoms with van der Waals surface area (Å²) >= 11 is 0. The fraction of sp³-hybridized carbons (Fsp3) is 0.0508. The zero-order chi connectivity index (χ0) is 39.0. The van der Waals surface area contributed by atoms with Gasteiger partial charge >= 0.3 is 0 Å². The van der Waals surface area contributed by atoms with Gasteiger partial charge in [0, 0.05) is 5.41 Å². The molecule has 0 heteroatoms. The van der Waals surface area contributed by atoms with Crippen molar-refractivity contribution in [2.24, 2.45) is 0 Å². The number of benzene rings is 12. The molecule has 1 aliphatic carbocycles. The maximum atomic E-state index is 2.46. The minimum absolute atomic E-state index is 0.0440. The smallest absolute Gasteiger partial charge is 0.0158 e. The summed E-state index contributed by atoms with van der Waals surface area (Å²) in [6.45, 7) is 4.72. The van der Waals surface area contributed by atoms with Crippen LogP contribution in [0.15, 0.2) is 194 Å². The van der Waals surface area contributed by atoms with E-state index < -0.39 is 0 Å². The average Bonchev–Trinajstić information content (AvgIpc) is 3.52. The van der Waals surface area contributed by atoms with Gasteiger partial charge in [-0.15, -0.1) is 0 Å². The van der Waals surface area contributed by atoms with E-state index in [4.69, 9.17) is 0 Å². The molecule has 0 N–H and O–H groups in total.